The maximum atomic E-state index is 13.3. The van der Waals surface area contributed by atoms with E-state index < -0.39 is 0 Å². The van der Waals surface area contributed by atoms with E-state index >= 15 is 0 Å². The van der Waals surface area contributed by atoms with Crippen molar-refractivity contribution < 1.29 is 4.39 Å². The highest BCUT2D eigenvalue weighted by molar-refractivity contribution is 9.11. The van der Waals surface area contributed by atoms with Gasteiger partial charge >= 0.3 is 0 Å². The number of fused-ring (bicyclic) bond motifs is 1. The van der Waals surface area contributed by atoms with Gasteiger partial charge in [-0.2, -0.15) is 0 Å². The van der Waals surface area contributed by atoms with Gasteiger partial charge in [-0.25, -0.2) is 4.39 Å². The largest absolute Gasteiger partial charge is 0.310 e. The SMILES string of the molecule is FC1=CC2NCCCCCCC2C(Br)=C1. The second-order valence-corrected chi connectivity index (χ2v) is 5.29. The normalized spacial score (nSPS) is 32.9. The summed E-state index contributed by atoms with van der Waals surface area (Å²) in [6.07, 6.45) is 9.54. The second kappa shape index (κ2) is 5.26. The van der Waals surface area contributed by atoms with Crippen LogP contribution >= 0.6 is 15.9 Å². The Bertz CT molecular complexity index is 285. The molecule has 0 amide bonds. The number of halogens is 2. The summed E-state index contributed by atoms with van der Waals surface area (Å²) in [5.41, 5.74) is 0. The number of allylic oxidation sites excluding steroid dienone is 2. The molecule has 1 aliphatic carbocycles. The fourth-order valence-corrected chi connectivity index (χ4v) is 3.11. The zero-order valence-electron chi connectivity index (χ0n) is 8.81. The molecule has 3 heteroatoms. The smallest absolute Gasteiger partial charge is 0.121 e. The van der Waals surface area contributed by atoms with E-state index in [-0.39, 0.29) is 11.9 Å². The standard InChI is InChI=1S/C12H17BrFN/c13-11-7-9(14)8-12-10(11)5-3-1-2-4-6-15-12/h7-8,10,12,15H,1-6H2. The molecule has 0 aromatic heterocycles. The molecule has 15 heavy (non-hydrogen) atoms. The monoisotopic (exact) mass is 273 g/mol. The summed E-state index contributed by atoms with van der Waals surface area (Å²) in [5.74, 6) is 0.317. The van der Waals surface area contributed by atoms with Crippen LogP contribution in [0.5, 0.6) is 0 Å². The third-order valence-corrected chi connectivity index (χ3v) is 4.04. The first kappa shape index (κ1) is 11.3. The van der Waals surface area contributed by atoms with E-state index in [0.29, 0.717) is 5.92 Å². The lowest BCUT2D eigenvalue weighted by Crippen LogP contribution is -2.36. The van der Waals surface area contributed by atoms with Crippen LogP contribution in [0.15, 0.2) is 22.5 Å². The Morgan fingerprint density at radius 1 is 1.27 bits per heavy atom. The van der Waals surface area contributed by atoms with Crippen LogP contribution in [0.2, 0.25) is 0 Å². The Labute approximate surface area is 98.9 Å². The van der Waals surface area contributed by atoms with Crippen molar-refractivity contribution in [2.45, 2.75) is 38.1 Å². The van der Waals surface area contributed by atoms with Crippen molar-refractivity contribution in [2.75, 3.05) is 6.54 Å². The van der Waals surface area contributed by atoms with Gasteiger partial charge in [0.05, 0.1) is 0 Å². The first-order valence-corrected chi connectivity index (χ1v) is 6.54. The van der Waals surface area contributed by atoms with E-state index in [2.05, 4.69) is 21.2 Å². The Kier molecular flexibility index (Phi) is 3.98. The average molecular weight is 274 g/mol. The fourth-order valence-electron chi connectivity index (χ4n) is 2.38. The quantitative estimate of drug-likeness (QED) is 0.710. The lowest BCUT2D eigenvalue weighted by atomic mass is 9.90. The molecule has 1 N–H and O–H groups in total. The summed E-state index contributed by atoms with van der Waals surface area (Å²) in [4.78, 5) is 0. The highest BCUT2D eigenvalue weighted by Gasteiger charge is 2.26. The predicted octanol–water partition coefficient (Wildman–Crippen LogP) is 3.67. The molecule has 2 unspecified atom stereocenters. The van der Waals surface area contributed by atoms with Gasteiger partial charge in [0, 0.05) is 16.4 Å². The zero-order valence-corrected chi connectivity index (χ0v) is 10.4. The molecular weight excluding hydrogens is 257 g/mol. The Morgan fingerprint density at radius 2 is 2.07 bits per heavy atom. The van der Waals surface area contributed by atoms with Crippen LogP contribution in [0.25, 0.3) is 0 Å². The van der Waals surface area contributed by atoms with Gasteiger partial charge < -0.3 is 5.32 Å². The van der Waals surface area contributed by atoms with Gasteiger partial charge in [0.1, 0.15) is 5.83 Å². The zero-order chi connectivity index (χ0) is 10.7. The molecule has 1 heterocycles. The Hall–Kier alpha value is -0.150. The highest BCUT2D eigenvalue weighted by atomic mass is 79.9. The first-order valence-electron chi connectivity index (χ1n) is 5.75. The van der Waals surface area contributed by atoms with Crippen molar-refractivity contribution in [3.63, 3.8) is 0 Å². The van der Waals surface area contributed by atoms with E-state index in [1.807, 2.05) is 0 Å². The van der Waals surface area contributed by atoms with Crippen LogP contribution in [0.1, 0.15) is 32.1 Å². The molecule has 2 rings (SSSR count). The minimum atomic E-state index is -0.116. The third-order valence-electron chi connectivity index (χ3n) is 3.22. The number of rotatable bonds is 0. The van der Waals surface area contributed by atoms with Gasteiger partial charge in [0.2, 0.25) is 0 Å². The van der Waals surface area contributed by atoms with Gasteiger partial charge in [0.15, 0.2) is 0 Å². The molecule has 0 spiro atoms. The summed E-state index contributed by atoms with van der Waals surface area (Å²) < 4.78 is 14.3. The first-order chi connectivity index (χ1) is 7.27. The third kappa shape index (κ3) is 2.91. The average Bonchev–Trinajstić information content (AvgIpc) is 2.29. The molecule has 0 bridgehead atoms. The summed E-state index contributed by atoms with van der Waals surface area (Å²) in [6.45, 7) is 1.01. The Morgan fingerprint density at radius 3 is 2.93 bits per heavy atom. The molecule has 0 radical (unpaired) electrons. The molecule has 0 aromatic rings. The molecule has 1 nitrogen and oxygen atoms in total. The van der Waals surface area contributed by atoms with Crippen molar-refractivity contribution in [1.29, 1.82) is 0 Å². The van der Waals surface area contributed by atoms with Crippen molar-refractivity contribution in [1.82, 2.24) is 5.32 Å². The van der Waals surface area contributed by atoms with Crippen molar-refractivity contribution >= 4 is 15.9 Å². The maximum Gasteiger partial charge on any atom is 0.121 e. The summed E-state index contributed by atoms with van der Waals surface area (Å²) in [5, 5.41) is 3.44. The van der Waals surface area contributed by atoms with Crippen molar-refractivity contribution in [3.05, 3.63) is 22.5 Å². The predicted molar refractivity (Wildman–Crippen MR) is 64.6 cm³/mol. The Balaban J connectivity index is 2.11. The van der Waals surface area contributed by atoms with Gasteiger partial charge in [0.25, 0.3) is 0 Å². The number of hydrogen-bond acceptors (Lipinski definition) is 1. The highest BCUT2D eigenvalue weighted by Crippen LogP contribution is 2.33. The number of hydrogen-bond donors (Lipinski definition) is 1. The van der Waals surface area contributed by atoms with Crippen molar-refractivity contribution in [2.24, 2.45) is 5.92 Å². The number of nitrogens with one attached hydrogen (secondary N) is 1. The van der Waals surface area contributed by atoms with E-state index in [1.54, 1.807) is 12.2 Å². The van der Waals surface area contributed by atoms with E-state index in [9.17, 15) is 4.39 Å². The lowest BCUT2D eigenvalue weighted by molar-refractivity contribution is 0.432. The summed E-state index contributed by atoms with van der Waals surface area (Å²) in [6, 6.07) is 0.183. The van der Waals surface area contributed by atoms with E-state index in [1.165, 1.54) is 25.7 Å². The fraction of sp³-hybridized carbons (Fsp3) is 0.667. The van der Waals surface area contributed by atoms with Crippen LogP contribution in [0, 0.1) is 5.92 Å². The van der Waals surface area contributed by atoms with Crippen molar-refractivity contribution in [3.8, 4) is 0 Å². The van der Waals surface area contributed by atoms with Gasteiger partial charge in [-0.3, -0.25) is 0 Å². The van der Waals surface area contributed by atoms with Gasteiger partial charge in [-0.15, -0.1) is 0 Å². The van der Waals surface area contributed by atoms with Gasteiger partial charge in [-0.1, -0.05) is 35.2 Å². The molecule has 2 aliphatic rings. The van der Waals surface area contributed by atoms with E-state index in [0.717, 1.165) is 17.4 Å². The topological polar surface area (TPSA) is 12.0 Å². The summed E-state index contributed by atoms with van der Waals surface area (Å²) >= 11 is 3.50. The molecule has 1 saturated heterocycles. The molecule has 84 valence electrons. The summed E-state index contributed by atoms with van der Waals surface area (Å²) in [7, 11) is 0. The minimum Gasteiger partial charge on any atom is -0.310 e. The second-order valence-electron chi connectivity index (χ2n) is 4.37. The van der Waals surface area contributed by atoms with Crippen LogP contribution in [0.3, 0.4) is 0 Å². The molecule has 2 atom stereocenters. The molecule has 0 saturated carbocycles. The molecular formula is C12H17BrFN. The van der Waals surface area contributed by atoms with Crippen LogP contribution in [0.4, 0.5) is 4.39 Å². The molecule has 1 fully saturated rings. The molecule has 0 aromatic carbocycles. The van der Waals surface area contributed by atoms with Crippen LogP contribution in [-0.2, 0) is 0 Å². The minimum absolute atomic E-state index is 0.116. The van der Waals surface area contributed by atoms with Crippen LogP contribution in [-0.4, -0.2) is 12.6 Å². The molecule has 1 aliphatic heterocycles. The lowest BCUT2D eigenvalue weighted by Gasteiger charge is -2.27. The van der Waals surface area contributed by atoms with Gasteiger partial charge in [-0.05, 0) is 31.5 Å². The maximum absolute atomic E-state index is 13.3. The van der Waals surface area contributed by atoms with Crippen LogP contribution < -0.4 is 5.32 Å². The van der Waals surface area contributed by atoms with E-state index in [4.69, 9.17) is 0 Å².